The fraction of sp³-hybridized carbons (Fsp3) is 0.500. The highest BCUT2D eigenvalue weighted by Gasteiger charge is 2.19. The first-order chi connectivity index (χ1) is 7.27. The van der Waals surface area contributed by atoms with Gasteiger partial charge >= 0.3 is 0 Å². The average Bonchev–Trinajstić information content (AvgIpc) is 2.71. The quantitative estimate of drug-likeness (QED) is 0.824. The van der Waals surface area contributed by atoms with Crippen molar-refractivity contribution in [2.45, 2.75) is 25.6 Å². The van der Waals surface area contributed by atoms with Gasteiger partial charge in [0.15, 0.2) is 0 Å². The minimum atomic E-state index is -0.184. The molecule has 1 aliphatic heterocycles. The number of halogens is 1. The van der Waals surface area contributed by atoms with Crippen LogP contribution < -0.4 is 5.32 Å². The maximum Gasteiger partial charge on any atom is 0.128 e. The lowest BCUT2D eigenvalue weighted by Gasteiger charge is -2.18. The van der Waals surface area contributed by atoms with Crippen LogP contribution in [0, 0.1) is 5.82 Å². The van der Waals surface area contributed by atoms with E-state index in [9.17, 15) is 4.39 Å². The lowest BCUT2D eigenvalue weighted by molar-refractivity contribution is 0.00651. The zero-order valence-electron chi connectivity index (χ0n) is 8.87. The molecule has 1 aliphatic rings. The summed E-state index contributed by atoms with van der Waals surface area (Å²) in [5.74, 6) is -0.184. The molecule has 82 valence electrons. The van der Waals surface area contributed by atoms with E-state index in [0.29, 0.717) is 5.56 Å². The third-order valence-electron chi connectivity index (χ3n) is 2.75. The highest BCUT2D eigenvalue weighted by molar-refractivity contribution is 5.19. The van der Waals surface area contributed by atoms with Crippen LogP contribution in [0.1, 0.15) is 25.0 Å². The van der Waals surface area contributed by atoms with E-state index in [1.807, 2.05) is 13.0 Å². The van der Waals surface area contributed by atoms with Gasteiger partial charge in [0, 0.05) is 12.1 Å². The molecule has 1 aromatic rings. The Kier molecular flexibility index (Phi) is 3.34. The van der Waals surface area contributed by atoms with Gasteiger partial charge in [-0.3, -0.25) is 0 Å². The molecule has 2 nitrogen and oxygen atoms in total. The summed E-state index contributed by atoms with van der Waals surface area (Å²) in [6.07, 6.45) is 1.06. The van der Waals surface area contributed by atoms with Crippen molar-refractivity contribution >= 4 is 0 Å². The van der Waals surface area contributed by atoms with Crippen LogP contribution in [-0.4, -0.2) is 19.2 Å². The average molecular weight is 209 g/mol. The first kappa shape index (κ1) is 10.6. The SMILES string of the molecule is CC(OC1CCNC1)c1ccccc1F. The van der Waals surface area contributed by atoms with Gasteiger partial charge in [-0.1, -0.05) is 18.2 Å². The van der Waals surface area contributed by atoms with Gasteiger partial charge in [-0.2, -0.15) is 0 Å². The van der Waals surface area contributed by atoms with Crippen molar-refractivity contribution in [1.29, 1.82) is 0 Å². The Balaban J connectivity index is 2.00. The highest BCUT2D eigenvalue weighted by atomic mass is 19.1. The maximum absolute atomic E-state index is 13.4. The smallest absolute Gasteiger partial charge is 0.128 e. The number of nitrogens with one attached hydrogen (secondary N) is 1. The standard InChI is InChI=1S/C12H16FNO/c1-9(15-10-6-7-14-8-10)11-4-2-3-5-12(11)13/h2-5,9-10,14H,6-8H2,1H3. The van der Waals surface area contributed by atoms with Crippen molar-refractivity contribution in [3.63, 3.8) is 0 Å². The summed E-state index contributed by atoms with van der Waals surface area (Å²) in [5, 5.41) is 3.23. The van der Waals surface area contributed by atoms with Crippen molar-refractivity contribution in [3.8, 4) is 0 Å². The molecule has 0 aliphatic carbocycles. The molecular formula is C12H16FNO. The molecule has 2 rings (SSSR count). The van der Waals surface area contributed by atoms with E-state index in [0.717, 1.165) is 19.5 Å². The number of rotatable bonds is 3. The first-order valence-corrected chi connectivity index (χ1v) is 5.38. The van der Waals surface area contributed by atoms with Crippen LogP contribution in [0.2, 0.25) is 0 Å². The Morgan fingerprint density at radius 1 is 1.47 bits per heavy atom. The van der Waals surface area contributed by atoms with Gasteiger partial charge < -0.3 is 10.1 Å². The normalized spacial score (nSPS) is 22.9. The van der Waals surface area contributed by atoms with E-state index in [1.54, 1.807) is 12.1 Å². The zero-order chi connectivity index (χ0) is 10.7. The summed E-state index contributed by atoms with van der Waals surface area (Å²) in [6.45, 7) is 3.77. The molecule has 1 aromatic carbocycles. The summed E-state index contributed by atoms with van der Waals surface area (Å²) in [4.78, 5) is 0. The van der Waals surface area contributed by atoms with Gasteiger partial charge in [0.05, 0.1) is 12.2 Å². The first-order valence-electron chi connectivity index (χ1n) is 5.38. The topological polar surface area (TPSA) is 21.3 Å². The summed E-state index contributed by atoms with van der Waals surface area (Å²) in [5.41, 5.74) is 0.643. The zero-order valence-corrected chi connectivity index (χ0v) is 8.87. The predicted molar refractivity (Wildman–Crippen MR) is 57.2 cm³/mol. The van der Waals surface area contributed by atoms with Crippen LogP contribution in [-0.2, 0) is 4.74 Å². The molecule has 0 amide bonds. The van der Waals surface area contributed by atoms with Crippen molar-refractivity contribution in [1.82, 2.24) is 5.32 Å². The minimum Gasteiger partial charge on any atom is -0.369 e. The van der Waals surface area contributed by atoms with Crippen molar-refractivity contribution in [2.75, 3.05) is 13.1 Å². The second-order valence-corrected chi connectivity index (χ2v) is 3.91. The monoisotopic (exact) mass is 209 g/mol. The predicted octanol–water partition coefficient (Wildman–Crippen LogP) is 2.27. The summed E-state index contributed by atoms with van der Waals surface area (Å²) >= 11 is 0. The molecule has 0 saturated carbocycles. The van der Waals surface area contributed by atoms with Gasteiger partial charge in [-0.05, 0) is 26.0 Å². The van der Waals surface area contributed by atoms with E-state index in [4.69, 9.17) is 4.74 Å². The van der Waals surface area contributed by atoms with Gasteiger partial charge in [0.25, 0.3) is 0 Å². The molecule has 1 N–H and O–H groups in total. The third kappa shape index (κ3) is 2.55. The Hall–Kier alpha value is -0.930. The third-order valence-corrected chi connectivity index (χ3v) is 2.75. The van der Waals surface area contributed by atoms with Gasteiger partial charge in [0.1, 0.15) is 5.82 Å². The fourth-order valence-electron chi connectivity index (χ4n) is 1.91. The number of benzene rings is 1. The van der Waals surface area contributed by atoms with E-state index >= 15 is 0 Å². The Morgan fingerprint density at radius 3 is 2.93 bits per heavy atom. The highest BCUT2D eigenvalue weighted by Crippen LogP contribution is 2.22. The van der Waals surface area contributed by atoms with Crippen LogP contribution in [0.4, 0.5) is 4.39 Å². The van der Waals surface area contributed by atoms with Gasteiger partial charge in [-0.15, -0.1) is 0 Å². The molecule has 0 radical (unpaired) electrons. The van der Waals surface area contributed by atoms with Crippen molar-refractivity contribution in [3.05, 3.63) is 35.6 Å². The van der Waals surface area contributed by atoms with Crippen LogP contribution in [0.25, 0.3) is 0 Å². The largest absolute Gasteiger partial charge is 0.369 e. The maximum atomic E-state index is 13.4. The fourth-order valence-corrected chi connectivity index (χ4v) is 1.91. The van der Waals surface area contributed by atoms with Crippen LogP contribution in [0.5, 0.6) is 0 Å². The number of hydrogen-bond acceptors (Lipinski definition) is 2. The number of hydrogen-bond donors (Lipinski definition) is 1. The second kappa shape index (κ2) is 4.73. The molecule has 0 bridgehead atoms. The molecule has 15 heavy (non-hydrogen) atoms. The molecule has 1 saturated heterocycles. The summed E-state index contributed by atoms with van der Waals surface area (Å²) in [7, 11) is 0. The van der Waals surface area contributed by atoms with E-state index in [1.165, 1.54) is 6.07 Å². The van der Waals surface area contributed by atoms with Gasteiger partial charge in [0.2, 0.25) is 0 Å². The van der Waals surface area contributed by atoms with Crippen LogP contribution in [0.15, 0.2) is 24.3 Å². The van der Waals surface area contributed by atoms with E-state index in [-0.39, 0.29) is 18.0 Å². The Bertz CT molecular complexity index is 323. The summed E-state index contributed by atoms with van der Waals surface area (Å²) < 4.78 is 19.2. The molecule has 2 atom stereocenters. The van der Waals surface area contributed by atoms with Gasteiger partial charge in [-0.25, -0.2) is 4.39 Å². The molecule has 1 fully saturated rings. The molecular weight excluding hydrogens is 193 g/mol. The lowest BCUT2D eigenvalue weighted by Crippen LogP contribution is -2.19. The Labute approximate surface area is 89.4 Å². The van der Waals surface area contributed by atoms with Crippen molar-refractivity contribution in [2.24, 2.45) is 0 Å². The molecule has 3 heteroatoms. The molecule has 0 aromatic heterocycles. The van der Waals surface area contributed by atoms with Crippen molar-refractivity contribution < 1.29 is 9.13 Å². The molecule has 1 heterocycles. The second-order valence-electron chi connectivity index (χ2n) is 3.91. The van der Waals surface area contributed by atoms with Crippen LogP contribution in [0.3, 0.4) is 0 Å². The number of ether oxygens (including phenoxy) is 1. The molecule has 0 spiro atoms. The lowest BCUT2D eigenvalue weighted by atomic mass is 10.1. The Morgan fingerprint density at radius 2 is 2.27 bits per heavy atom. The minimum absolute atomic E-state index is 0.170. The van der Waals surface area contributed by atoms with Crippen LogP contribution >= 0.6 is 0 Å². The van der Waals surface area contributed by atoms with E-state index < -0.39 is 0 Å². The van der Waals surface area contributed by atoms with E-state index in [2.05, 4.69) is 5.32 Å². The molecule has 2 unspecified atom stereocenters. The summed E-state index contributed by atoms with van der Waals surface area (Å²) in [6, 6.07) is 6.79.